The number of rotatable bonds is 18. The molecule has 4 aromatic rings. The fourth-order valence-electron chi connectivity index (χ4n) is 5.88. The van der Waals surface area contributed by atoms with Gasteiger partial charge in [0.15, 0.2) is 0 Å². The SMILES string of the molecule is CC(C)c1nc(CN(C)C(=O)N[C@H](CN[C@@H](Cc2ccccc2)C[C@](O)(Cc2cncs2)[C@H](Cc2ccccc2)NC(=O)O)C(C)C)cs1. The first-order chi connectivity index (χ1) is 23.4. The van der Waals surface area contributed by atoms with E-state index in [1.807, 2.05) is 66.0 Å². The number of thiazole rings is 2. The summed E-state index contributed by atoms with van der Waals surface area (Å²) in [6.45, 7) is 9.22. The lowest BCUT2D eigenvalue weighted by Gasteiger charge is -2.39. The van der Waals surface area contributed by atoms with E-state index in [2.05, 4.69) is 53.6 Å². The van der Waals surface area contributed by atoms with Crippen LogP contribution < -0.4 is 16.0 Å². The second-order valence-electron chi connectivity index (χ2n) is 13.4. The fourth-order valence-corrected chi connectivity index (χ4v) is 7.41. The van der Waals surface area contributed by atoms with Gasteiger partial charge in [-0.15, -0.1) is 22.7 Å². The van der Waals surface area contributed by atoms with Gasteiger partial charge in [0, 0.05) is 54.5 Å². The summed E-state index contributed by atoms with van der Waals surface area (Å²) in [6.07, 6.45) is 1.92. The maximum absolute atomic E-state index is 13.4. The van der Waals surface area contributed by atoms with Gasteiger partial charge in [0.1, 0.15) is 0 Å². The molecule has 0 aliphatic rings. The molecule has 264 valence electrons. The average Bonchev–Trinajstić information content (AvgIpc) is 3.75. The number of carbonyl (C=O) groups is 2. The molecule has 0 saturated carbocycles. The van der Waals surface area contributed by atoms with E-state index < -0.39 is 17.7 Å². The van der Waals surface area contributed by atoms with Crippen LogP contribution in [-0.4, -0.2) is 74.5 Å². The van der Waals surface area contributed by atoms with Crippen LogP contribution in [-0.2, 0) is 25.8 Å². The molecular weight excluding hydrogens is 657 g/mol. The fraction of sp³-hybridized carbons (Fsp3) is 0.459. The van der Waals surface area contributed by atoms with Crippen LogP contribution in [0.15, 0.2) is 77.8 Å². The van der Waals surface area contributed by atoms with Gasteiger partial charge in [-0.05, 0) is 36.3 Å². The Kier molecular flexibility index (Phi) is 14.1. The third-order valence-electron chi connectivity index (χ3n) is 8.67. The largest absolute Gasteiger partial charge is 0.465 e. The normalized spacial score (nSPS) is 14.6. The van der Waals surface area contributed by atoms with E-state index >= 15 is 0 Å². The lowest BCUT2D eigenvalue weighted by atomic mass is 9.79. The summed E-state index contributed by atoms with van der Waals surface area (Å²) < 4.78 is 0. The van der Waals surface area contributed by atoms with Crippen molar-refractivity contribution in [3.05, 3.63) is 104 Å². The van der Waals surface area contributed by atoms with Crippen molar-refractivity contribution in [2.75, 3.05) is 13.6 Å². The van der Waals surface area contributed by atoms with Crippen LogP contribution in [0, 0.1) is 5.92 Å². The zero-order valence-electron chi connectivity index (χ0n) is 29.0. The summed E-state index contributed by atoms with van der Waals surface area (Å²) >= 11 is 3.05. The van der Waals surface area contributed by atoms with Gasteiger partial charge in [0.25, 0.3) is 0 Å². The number of carboxylic acid groups (broad SMARTS) is 1. The maximum Gasteiger partial charge on any atom is 0.404 e. The molecule has 12 heteroatoms. The van der Waals surface area contributed by atoms with Crippen molar-refractivity contribution in [1.29, 1.82) is 0 Å². The lowest BCUT2D eigenvalue weighted by Crippen LogP contribution is -2.58. The van der Waals surface area contributed by atoms with Crippen LogP contribution in [0.1, 0.15) is 66.7 Å². The molecule has 0 unspecified atom stereocenters. The Morgan fingerprint density at radius 1 is 0.939 bits per heavy atom. The second-order valence-corrected chi connectivity index (χ2v) is 15.3. The molecule has 0 aliphatic heterocycles. The highest BCUT2D eigenvalue weighted by Gasteiger charge is 2.41. The number of urea groups is 1. The summed E-state index contributed by atoms with van der Waals surface area (Å²) in [4.78, 5) is 36.9. The lowest BCUT2D eigenvalue weighted by molar-refractivity contribution is -0.0132. The topological polar surface area (TPSA) is 140 Å². The van der Waals surface area contributed by atoms with Crippen molar-refractivity contribution in [1.82, 2.24) is 30.8 Å². The third-order valence-corrected chi connectivity index (χ3v) is 10.6. The molecule has 0 aliphatic carbocycles. The first-order valence-electron chi connectivity index (χ1n) is 16.8. The first-order valence-corrected chi connectivity index (χ1v) is 18.5. The Balaban J connectivity index is 1.55. The molecule has 2 aromatic carbocycles. The Labute approximate surface area is 298 Å². The highest BCUT2D eigenvalue weighted by Crippen LogP contribution is 2.29. The molecule has 0 saturated heterocycles. The maximum atomic E-state index is 13.4. The monoisotopic (exact) mass is 706 g/mol. The average molecular weight is 707 g/mol. The van der Waals surface area contributed by atoms with Gasteiger partial charge >= 0.3 is 12.1 Å². The predicted octanol–water partition coefficient (Wildman–Crippen LogP) is 6.33. The van der Waals surface area contributed by atoms with Crippen molar-refractivity contribution in [2.45, 2.75) is 89.6 Å². The van der Waals surface area contributed by atoms with Crippen LogP contribution >= 0.6 is 22.7 Å². The molecule has 5 N–H and O–H groups in total. The van der Waals surface area contributed by atoms with E-state index in [0.717, 1.165) is 26.7 Å². The molecular formula is C37H50N6O4S2. The van der Waals surface area contributed by atoms with Crippen molar-refractivity contribution in [3.63, 3.8) is 0 Å². The van der Waals surface area contributed by atoms with E-state index in [9.17, 15) is 19.8 Å². The molecule has 0 spiro atoms. The number of hydrogen-bond acceptors (Lipinski definition) is 8. The Hall–Kier alpha value is -3.84. The molecule has 49 heavy (non-hydrogen) atoms. The minimum atomic E-state index is -1.47. The highest BCUT2D eigenvalue weighted by molar-refractivity contribution is 7.09. The molecule has 10 nitrogen and oxygen atoms in total. The van der Waals surface area contributed by atoms with Crippen LogP contribution in [0.3, 0.4) is 0 Å². The summed E-state index contributed by atoms with van der Waals surface area (Å²) in [5, 5.41) is 35.1. The van der Waals surface area contributed by atoms with E-state index in [1.54, 1.807) is 35.0 Å². The van der Waals surface area contributed by atoms with Crippen LogP contribution in [0.5, 0.6) is 0 Å². The number of hydrogen-bond donors (Lipinski definition) is 5. The molecule has 2 aromatic heterocycles. The van der Waals surface area contributed by atoms with Gasteiger partial charge in [0.2, 0.25) is 0 Å². The van der Waals surface area contributed by atoms with E-state index in [1.165, 1.54) is 11.3 Å². The van der Waals surface area contributed by atoms with Gasteiger partial charge in [0.05, 0.1) is 34.4 Å². The number of carbonyl (C=O) groups excluding carboxylic acids is 1. The Bertz CT molecular complexity index is 1570. The summed E-state index contributed by atoms with van der Waals surface area (Å²) in [5.74, 6) is 0.455. The number of amides is 3. The van der Waals surface area contributed by atoms with Crippen molar-refractivity contribution in [3.8, 4) is 0 Å². The summed E-state index contributed by atoms with van der Waals surface area (Å²) in [6, 6.07) is 18.2. The minimum absolute atomic E-state index is 0.115. The van der Waals surface area contributed by atoms with Crippen molar-refractivity contribution < 1.29 is 19.8 Å². The van der Waals surface area contributed by atoms with Gasteiger partial charge in [-0.25, -0.2) is 14.6 Å². The first kappa shape index (κ1) is 38.0. The number of benzene rings is 2. The van der Waals surface area contributed by atoms with Gasteiger partial charge in [-0.2, -0.15) is 0 Å². The molecule has 2 heterocycles. The summed E-state index contributed by atoms with van der Waals surface area (Å²) in [5.41, 5.74) is 3.12. The third kappa shape index (κ3) is 11.9. The number of nitrogens with one attached hydrogen (secondary N) is 3. The van der Waals surface area contributed by atoms with E-state index in [4.69, 9.17) is 0 Å². The van der Waals surface area contributed by atoms with Crippen LogP contribution in [0.2, 0.25) is 0 Å². The zero-order valence-corrected chi connectivity index (χ0v) is 30.6. The number of aliphatic hydroxyl groups is 1. The highest BCUT2D eigenvalue weighted by atomic mass is 32.1. The van der Waals surface area contributed by atoms with Gasteiger partial charge in [-0.1, -0.05) is 88.4 Å². The molecule has 4 atom stereocenters. The Morgan fingerprint density at radius 3 is 2.14 bits per heavy atom. The number of aromatic nitrogens is 2. The van der Waals surface area contributed by atoms with Crippen molar-refractivity contribution >= 4 is 34.8 Å². The van der Waals surface area contributed by atoms with Crippen molar-refractivity contribution in [2.24, 2.45) is 5.92 Å². The molecule has 3 amide bonds. The van der Waals surface area contributed by atoms with Gasteiger partial charge < -0.3 is 31.1 Å². The molecule has 0 fully saturated rings. The molecule has 0 bridgehead atoms. The van der Waals surface area contributed by atoms with E-state index in [0.29, 0.717) is 31.8 Å². The zero-order chi connectivity index (χ0) is 35.4. The number of nitrogens with zero attached hydrogens (tertiary/aromatic N) is 3. The molecule has 0 radical (unpaired) electrons. The van der Waals surface area contributed by atoms with Crippen LogP contribution in [0.25, 0.3) is 0 Å². The standard InChI is InChI=1S/C37H50N6O4S2/c1-25(2)32(41-35(44)43(5)22-30-23-48-34(40-30)26(3)4)21-39-29(16-27-12-8-6-9-13-27)18-37(47,19-31-20-38-24-49-31)33(42-36(45)46)17-28-14-10-7-11-15-28/h6-15,20,23-26,29,32-33,39,42,47H,16-19,21-22H2,1-5H3,(H,41,44)(H,45,46)/t29-,32+,33-,37-/m0/s1. The van der Waals surface area contributed by atoms with Crippen LogP contribution in [0.4, 0.5) is 9.59 Å². The van der Waals surface area contributed by atoms with E-state index in [-0.39, 0.29) is 36.9 Å². The Morgan fingerprint density at radius 2 is 1.59 bits per heavy atom. The van der Waals surface area contributed by atoms with Gasteiger partial charge in [-0.3, -0.25) is 4.98 Å². The smallest absolute Gasteiger partial charge is 0.404 e. The molecule has 4 rings (SSSR count). The second kappa shape index (κ2) is 18.2. The summed E-state index contributed by atoms with van der Waals surface area (Å²) in [7, 11) is 1.77. The predicted molar refractivity (Wildman–Crippen MR) is 197 cm³/mol. The minimum Gasteiger partial charge on any atom is -0.465 e. The quantitative estimate of drug-likeness (QED) is 0.0815.